The summed E-state index contributed by atoms with van der Waals surface area (Å²) in [5.74, 6) is -0.341. The second kappa shape index (κ2) is 7.28. The van der Waals surface area contributed by atoms with E-state index in [0.29, 0.717) is 12.2 Å². The summed E-state index contributed by atoms with van der Waals surface area (Å²) >= 11 is 8.31. The van der Waals surface area contributed by atoms with Gasteiger partial charge in [-0.25, -0.2) is 4.98 Å². The Morgan fingerprint density at radius 3 is 2.57 bits per heavy atom. The molecule has 1 amide bonds. The lowest BCUT2D eigenvalue weighted by molar-refractivity contribution is -0.118. The minimum atomic E-state index is -0.562. The minimum absolute atomic E-state index is 0.175. The van der Waals surface area contributed by atoms with Crippen LogP contribution in [0.4, 0.5) is 5.82 Å². The van der Waals surface area contributed by atoms with E-state index in [1.165, 1.54) is 0 Å². The molecule has 0 radical (unpaired) electrons. The molecule has 0 aliphatic carbocycles. The maximum absolute atomic E-state index is 12.3. The fourth-order valence-corrected chi connectivity index (χ4v) is 2.26. The van der Waals surface area contributed by atoms with Crippen LogP contribution in [0.15, 0.2) is 53.1 Å². The molecular formula is C15H14BrN3OS. The number of hydrogen-bond acceptors (Lipinski definition) is 3. The fourth-order valence-electron chi connectivity index (χ4n) is 1.84. The van der Waals surface area contributed by atoms with Crippen LogP contribution in [0.2, 0.25) is 0 Å². The highest BCUT2D eigenvalue weighted by Crippen LogP contribution is 2.14. The van der Waals surface area contributed by atoms with Crippen molar-refractivity contribution >= 4 is 44.9 Å². The number of amides is 1. The molecular weight excluding hydrogens is 350 g/mol. The summed E-state index contributed by atoms with van der Waals surface area (Å²) in [5, 5.41) is 2.73. The Morgan fingerprint density at radius 1 is 1.29 bits per heavy atom. The normalized spacial score (nSPS) is 11.7. The Hall–Kier alpha value is -1.79. The van der Waals surface area contributed by atoms with Crippen molar-refractivity contribution in [2.24, 2.45) is 11.7 Å². The van der Waals surface area contributed by atoms with Crippen LogP contribution in [0, 0.1) is 5.92 Å². The summed E-state index contributed by atoms with van der Waals surface area (Å²) < 4.78 is 0.843. The van der Waals surface area contributed by atoms with E-state index >= 15 is 0 Å². The topological polar surface area (TPSA) is 68.0 Å². The Labute approximate surface area is 136 Å². The number of anilines is 1. The molecule has 108 valence electrons. The Kier molecular flexibility index (Phi) is 5.41. The van der Waals surface area contributed by atoms with E-state index in [2.05, 4.69) is 26.2 Å². The molecule has 3 N–H and O–H groups in total. The van der Waals surface area contributed by atoms with Crippen molar-refractivity contribution in [3.8, 4) is 0 Å². The van der Waals surface area contributed by atoms with Crippen LogP contribution < -0.4 is 11.1 Å². The van der Waals surface area contributed by atoms with Crippen molar-refractivity contribution in [3.63, 3.8) is 0 Å². The summed E-state index contributed by atoms with van der Waals surface area (Å²) in [6.07, 6.45) is 2.08. The third-order valence-corrected chi connectivity index (χ3v) is 3.67. The molecule has 1 unspecified atom stereocenters. The average molecular weight is 364 g/mol. The van der Waals surface area contributed by atoms with Gasteiger partial charge in [-0.2, -0.15) is 0 Å². The second-order valence-corrected chi connectivity index (χ2v) is 5.88. The summed E-state index contributed by atoms with van der Waals surface area (Å²) in [5.41, 5.74) is 6.71. The van der Waals surface area contributed by atoms with Gasteiger partial charge in [-0.15, -0.1) is 0 Å². The van der Waals surface area contributed by atoms with Gasteiger partial charge in [-0.05, 0) is 40.0 Å². The van der Waals surface area contributed by atoms with Crippen molar-refractivity contribution in [2.45, 2.75) is 6.42 Å². The number of hydrogen-bond donors (Lipinski definition) is 2. The average Bonchev–Trinajstić information content (AvgIpc) is 2.48. The van der Waals surface area contributed by atoms with E-state index in [9.17, 15) is 4.79 Å². The van der Waals surface area contributed by atoms with E-state index in [0.717, 1.165) is 10.0 Å². The number of carbonyl (C=O) groups excluding carboxylic acids is 1. The number of thiocarbonyl (C=S) groups is 1. The first-order chi connectivity index (χ1) is 10.1. The number of rotatable bonds is 5. The molecule has 0 saturated heterocycles. The van der Waals surface area contributed by atoms with Gasteiger partial charge in [0.1, 0.15) is 5.82 Å². The third kappa shape index (κ3) is 4.61. The molecule has 0 aliphatic rings. The van der Waals surface area contributed by atoms with Gasteiger partial charge in [-0.1, -0.05) is 42.5 Å². The predicted octanol–water partition coefficient (Wildman–Crippen LogP) is 2.93. The van der Waals surface area contributed by atoms with E-state index in [1.807, 2.05) is 30.3 Å². The molecule has 0 bridgehead atoms. The summed E-state index contributed by atoms with van der Waals surface area (Å²) in [6.45, 7) is 0. The number of pyridine rings is 1. The van der Waals surface area contributed by atoms with Crippen molar-refractivity contribution in [1.82, 2.24) is 4.98 Å². The molecule has 1 aromatic heterocycles. The maximum atomic E-state index is 12.3. The van der Waals surface area contributed by atoms with E-state index in [4.69, 9.17) is 18.0 Å². The molecule has 4 nitrogen and oxygen atoms in total. The number of nitrogens with zero attached hydrogens (tertiary/aromatic N) is 1. The smallest absolute Gasteiger partial charge is 0.235 e. The minimum Gasteiger partial charge on any atom is -0.393 e. The number of nitrogens with one attached hydrogen (secondary N) is 1. The van der Waals surface area contributed by atoms with Gasteiger partial charge in [0.05, 0.1) is 10.9 Å². The first-order valence-electron chi connectivity index (χ1n) is 6.32. The first kappa shape index (κ1) is 15.6. The lowest BCUT2D eigenvalue weighted by Crippen LogP contribution is -2.35. The fraction of sp³-hybridized carbons (Fsp3) is 0.133. The number of benzene rings is 1. The van der Waals surface area contributed by atoms with Crippen LogP contribution in [-0.2, 0) is 11.2 Å². The van der Waals surface area contributed by atoms with Gasteiger partial charge in [-0.3, -0.25) is 4.79 Å². The molecule has 1 aromatic carbocycles. The molecule has 2 aromatic rings. The molecule has 0 saturated carbocycles. The van der Waals surface area contributed by atoms with Gasteiger partial charge in [0.2, 0.25) is 5.91 Å². The lowest BCUT2D eigenvalue weighted by atomic mass is 9.98. The quantitative estimate of drug-likeness (QED) is 0.801. The molecule has 0 aliphatic heterocycles. The largest absolute Gasteiger partial charge is 0.393 e. The van der Waals surface area contributed by atoms with Crippen LogP contribution in [0.5, 0.6) is 0 Å². The molecule has 1 heterocycles. The highest BCUT2D eigenvalue weighted by Gasteiger charge is 2.22. The summed E-state index contributed by atoms with van der Waals surface area (Å²) in [6, 6.07) is 13.1. The highest BCUT2D eigenvalue weighted by atomic mass is 79.9. The van der Waals surface area contributed by atoms with Crippen LogP contribution in [0.1, 0.15) is 5.56 Å². The van der Waals surface area contributed by atoms with E-state index in [-0.39, 0.29) is 10.9 Å². The molecule has 2 rings (SSSR count). The SMILES string of the molecule is NC(=S)C(Cc1ccccc1)C(=O)Nc1ccc(Br)cn1. The first-order valence-corrected chi connectivity index (χ1v) is 7.52. The summed E-state index contributed by atoms with van der Waals surface area (Å²) in [7, 11) is 0. The van der Waals surface area contributed by atoms with Gasteiger partial charge >= 0.3 is 0 Å². The summed E-state index contributed by atoms with van der Waals surface area (Å²) in [4.78, 5) is 16.6. The van der Waals surface area contributed by atoms with Crippen molar-refractivity contribution in [1.29, 1.82) is 0 Å². The number of carbonyl (C=O) groups is 1. The van der Waals surface area contributed by atoms with Gasteiger partial charge in [0, 0.05) is 10.7 Å². The van der Waals surface area contributed by atoms with Crippen molar-refractivity contribution in [2.75, 3.05) is 5.32 Å². The molecule has 0 spiro atoms. The number of aromatic nitrogens is 1. The van der Waals surface area contributed by atoms with Crippen LogP contribution in [0.3, 0.4) is 0 Å². The van der Waals surface area contributed by atoms with E-state index < -0.39 is 5.92 Å². The highest BCUT2D eigenvalue weighted by molar-refractivity contribution is 9.10. The van der Waals surface area contributed by atoms with Gasteiger partial charge in [0.25, 0.3) is 0 Å². The number of nitrogens with two attached hydrogens (primary N) is 1. The third-order valence-electron chi connectivity index (χ3n) is 2.92. The molecule has 0 fully saturated rings. The zero-order valence-electron chi connectivity index (χ0n) is 11.1. The zero-order valence-corrected chi connectivity index (χ0v) is 13.5. The monoisotopic (exact) mass is 363 g/mol. The van der Waals surface area contributed by atoms with Crippen LogP contribution in [0.25, 0.3) is 0 Å². The predicted molar refractivity (Wildman–Crippen MR) is 91.0 cm³/mol. The maximum Gasteiger partial charge on any atom is 0.235 e. The van der Waals surface area contributed by atoms with Crippen LogP contribution >= 0.6 is 28.1 Å². The van der Waals surface area contributed by atoms with Crippen molar-refractivity contribution < 1.29 is 4.79 Å². The number of halogens is 1. The standard InChI is InChI=1S/C15H14BrN3OS/c16-11-6-7-13(18-9-11)19-15(20)12(14(17)21)8-10-4-2-1-3-5-10/h1-7,9,12H,8H2,(H2,17,21)(H,18,19,20). The molecule has 21 heavy (non-hydrogen) atoms. The van der Waals surface area contributed by atoms with Gasteiger partial charge < -0.3 is 11.1 Å². The molecule has 1 atom stereocenters. The molecule has 6 heteroatoms. The van der Waals surface area contributed by atoms with Gasteiger partial charge in [0.15, 0.2) is 0 Å². The van der Waals surface area contributed by atoms with Crippen LogP contribution in [-0.4, -0.2) is 15.9 Å². The zero-order chi connectivity index (χ0) is 15.2. The van der Waals surface area contributed by atoms with E-state index in [1.54, 1.807) is 18.3 Å². The Morgan fingerprint density at radius 2 is 2.00 bits per heavy atom. The Balaban J connectivity index is 2.09. The lowest BCUT2D eigenvalue weighted by Gasteiger charge is -2.15. The van der Waals surface area contributed by atoms with Crippen molar-refractivity contribution in [3.05, 3.63) is 58.7 Å². The second-order valence-electron chi connectivity index (χ2n) is 4.50. The Bertz CT molecular complexity index is 631.